The van der Waals surface area contributed by atoms with Crippen molar-refractivity contribution in [1.82, 2.24) is 10.2 Å². The van der Waals surface area contributed by atoms with Gasteiger partial charge in [0.15, 0.2) is 6.61 Å². The highest BCUT2D eigenvalue weighted by molar-refractivity contribution is 5.77. The number of carbonyl (C=O) groups excluding carboxylic acids is 1. The molecule has 1 aliphatic heterocycles. The van der Waals surface area contributed by atoms with Crippen LogP contribution in [0.1, 0.15) is 11.1 Å². The first-order valence-electron chi connectivity index (χ1n) is 9.01. The molecule has 140 valence electrons. The number of carbonyl (C=O) groups is 1. The van der Waals surface area contributed by atoms with Crippen LogP contribution in [-0.4, -0.2) is 49.8 Å². The largest absolute Gasteiger partial charge is 0.482 e. The topological polar surface area (TPSA) is 74.6 Å². The number of amides is 1. The van der Waals surface area contributed by atoms with E-state index in [9.17, 15) is 4.79 Å². The van der Waals surface area contributed by atoms with Crippen LogP contribution in [0.15, 0.2) is 54.6 Å². The Bertz CT molecular complexity index is 789. The highest BCUT2D eigenvalue weighted by Gasteiger charge is 2.21. The number of ether oxygens (including phenoxy) is 2. The molecule has 1 heterocycles. The third-order valence-electron chi connectivity index (χ3n) is 4.37. The van der Waals surface area contributed by atoms with Gasteiger partial charge >= 0.3 is 0 Å². The lowest BCUT2D eigenvalue weighted by atomic mass is 10.2. The quantitative estimate of drug-likeness (QED) is 0.812. The minimum atomic E-state index is -0.230. The maximum Gasteiger partial charge on any atom is 0.258 e. The lowest BCUT2D eigenvalue weighted by molar-refractivity contribution is -0.124. The normalized spacial score (nSPS) is 17.1. The average molecular weight is 365 g/mol. The SMILES string of the molecule is N#Cc1ccccc1OCC(=O)NC[C@@H]1CN(Cc2ccccc2)CCO1. The number of hydrogen-bond acceptors (Lipinski definition) is 5. The highest BCUT2D eigenvalue weighted by Crippen LogP contribution is 2.16. The first-order valence-corrected chi connectivity index (χ1v) is 9.01. The van der Waals surface area contributed by atoms with Crippen molar-refractivity contribution in [2.24, 2.45) is 0 Å². The van der Waals surface area contributed by atoms with Gasteiger partial charge in [0.1, 0.15) is 11.8 Å². The van der Waals surface area contributed by atoms with Crippen molar-refractivity contribution in [2.75, 3.05) is 32.8 Å². The van der Waals surface area contributed by atoms with E-state index in [1.54, 1.807) is 24.3 Å². The van der Waals surface area contributed by atoms with E-state index >= 15 is 0 Å². The molecule has 1 fully saturated rings. The van der Waals surface area contributed by atoms with Crippen LogP contribution >= 0.6 is 0 Å². The van der Waals surface area contributed by atoms with Crippen molar-refractivity contribution < 1.29 is 14.3 Å². The number of nitrogens with one attached hydrogen (secondary N) is 1. The van der Waals surface area contributed by atoms with Gasteiger partial charge in [0, 0.05) is 26.2 Å². The summed E-state index contributed by atoms with van der Waals surface area (Å²) in [7, 11) is 0. The van der Waals surface area contributed by atoms with E-state index in [1.165, 1.54) is 5.56 Å². The summed E-state index contributed by atoms with van der Waals surface area (Å²) in [5, 5.41) is 11.9. The van der Waals surface area contributed by atoms with Crippen molar-refractivity contribution >= 4 is 5.91 Å². The number of para-hydroxylation sites is 1. The fraction of sp³-hybridized carbons (Fsp3) is 0.333. The molecule has 6 nitrogen and oxygen atoms in total. The molecule has 0 aromatic heterocycles. The van der Waals surface area contributed by atoms with E-state index in [0.717, 1.165) is 19.6 Å². The molecular formula is C21H23N3O3. The number of rotatable bonds is 7. The molecule has 0 unspecified atom stereocenters. The zero-order valence-electron chi connectivity index (χ0n) is 15.1. The van der Waals surface area contributed by atoms with E-state index in [4.69, 9.17) is 14.7 Å². The van der Waals surface area contributed by atoms with Gasteiger partial charge in [-0.05, 0) is 17.7 Å². The molecule has 6 heteroatoms. The molecule has 1 atom stereocenters. The first kappa shape index (κ1) is 18.9. The third-order valence-corrected chi connectivity index (χ3v) is 4.37. The van der Waals surface area contributed by atoms with Crippen molar-refractivity contribution in [3.8, 4) is 11.8 Å². The van der Waals surface area contributed by atoms with Gasteiger partial charge in [0.2, 0.25) is 0 Å². The van der Waals surface area contributed by atoms with Crippen molar-refractivity contribution in [3.05, 3.63) is 65.7 Å². The molecule has 27 heavy (non-hydrogen) atoms. The molecule has 0 spiro atoms. The average Bonchev–Trinajstić information content (AvgIpc) is 2.72. The van der Waals surface area contributed by atoms with Gasteiger partial charge < -0.3 is 14.8 Å². The van der Waals surface area contributed by atoms with Gasteiger partial charge in [-0.1, -0.05) is 42.5 Å². The molecule has 0 aliphatic carbocycles. The van der Waals surface area contributed by atoms with Crippen molar-refractivity contribution in [3.63, 3.8) is 0 Å². The van der Waals surface area contributed by atoms with Gasteiger partial charge in [-0.25, -0.2) is 0 Å². The van der Waals surface area contributed by atoms with Crippen LogP contribution in [0.25, 0.3) is 0 Å². The van der Waals surface area contributed by atoms with E-state index < -0.39 is 0 Å². The Kier molecular flexibility index (Phi) is 6.80. The number of morpholine rings is 1. The van der Waals surface area contributed by atoms with Gasteiger partial charge in [-0.15, -0.1) is 0 Å². The van der Waals surface area contributed by atoms with Crippen LogP contribution < -0.4 is 10.1 Å². The second-order valence-electron chi connectivity index (χ2n) is 6.41. The number of benzene rings is 2. The first-order chi connectivity index (χ1) is 13.2. The van der Waals surface area contributed by atoms with Gasteiger partial charge in [-0.3, -0.25) is 9.69 Å². The molecule has 0 radical (unpaired) electrons. The Morgan fingerprint density at radius 3 is 2.81 bits per heavy atom. The van der Waals surface area contributed by atoms with Gasteiger partial charge in [0.25, 0.3) is 5.91 Å². The molecule has 2 aromatic rings. The fourth-order valence-electron chi connectivity index (χ4n) is 3.00. The molecule has 3 rings (SSSR count). The summed E-state index contributed by atoms with van der Waals surface area (Å²) in [5.41, 5.74) is 1.68. The molecule has 1 amide bonds. The zero-order chi connectivity index (χ0) is 18.9. The maximum absolute atomic E-state index is 12.0. The summed E-state index contributed by atoms with van der Waals surface area (Å²) in [4.78, 5) is 14.4. The van der Waals surface area contributed by atoms with Gasteiger partial charge in [0.05, 0.1) is 18.3 Å². The van der Waals surface area contributed by atoms with Crippen LogP contribution in [0, 0.1) is 11.3 Å². The van der Waals surface area contributed by atoms with E-state index in [1.807, 2.05) is 24.3 Å². The minimum absolute atomic E-state index is 0.0437. The summed E-state index contributed by atoms with van der Waals surface area (Å²) in [6, 6.07) is 19.2. The molecule has 0 bridgehead atoms. The smallest absolute Gasteiger partial charge is 0.258 e. The Morgan fingerprint density at radius 1 is 1.22 bits per heavy atom. The summed E-state index contributed by atoms with van der Waals surface area (Å²) in [6.07, 6.45) is -0.0437. The standard InChI is InChI=1S/C21H23N3O3/c22-12-18-8-4-5-9-20(18)27-16-21(25)23-13-19-15-24(10-11-26-19)14-17-6-2-1-3-7-17/h1-9,19H,10-11,13-16H2,(H,23,25)/t19-/m1/s1. The molecule has 1 aliphatic rings. The lowest BCUT2D eigenvalue weighted by Crippen LogP contribution is -2.47. The monoisotopic (exact) mass is 365 g/mol. The highest BCUT2D eigenvalue weighted by atomic mass is 16.5. The summed E-state index contributed by atoms with van der Waals surface area (Å²) in [6.45, 7) is 3.50. The van der Waals surface area contributed by atoms with Gasteiger partial charge in [-0.2, -0.15) is 5.26 Å². The second kappa shape index (κ2) is 9.72. The fourth-order valence-corrected chi connectivity index (χ4v) is 3.00. The Hall–Kier alpha value is -2.88. The molecule has 1 N–H and O–H groups in total. The van der Waals surface area contributed by atoms with E-state index in [0.29, 0.717) is 24.5 Å². The zero-order valence-corrected chi connectivity index (χ0v) is 15.1. The van der Waals surface area contributed by atoms with E-state index in [2.05, 4.69) is 22.3 Å². The number of nitriles is 1. The maximum atomic E-state index is 12.0. The Morgan fingerprint density at radius 2 is 2.00 bits per heavy atom. The van der Waals surface area contributed by atoms with Crippen molar-refractivity contribution in [1.29, 1.82) is 5.26 Å². The number of nitrogens with zero attached hydrogens (tertiary/aromatic N) is 2. The summed E-state index contributed by atoms with van der Waals surface area (Å²) >= 11 is 0. The third kappa shape index (κ3) is 5.81. The summed E-state index contributed by atoms with van der Waals surface area (Å²) in [5.74, 6) is 0.185. The van der Waals surface area contributed by atoms with E-state index in [-0.39, 0.29) is 18.6 Å². The van der Waals surface area contributed by atoms with Crippen LogP contribution in [-0.2, 0) is 16.1 Å². The van der Waals surface area contributed by atoms with Crippen LogP contribution in [0.4, 0.5) is 0 Å². The Labute approximate surface area is 159 Å². The predicted octanol–water partition coefficient (Wildman–Crippen LogP) is 1.95. The Balaban J connectivity index is 1.41. The summed E-state index contributed by atoms with van der Waals surface area (Å²) < 4.78 is 11.2. The molecule has 2 aromatic carbocycles. The van der Waals surface area contributed by atoms with Crippen molar-refractivity contribution in [2.45, 2.75) is 12.6 Å². The molecule has 1 saturated heterocycles. The molecule has 0 saturated carbocycles. The van der Waals surface area contributed by atoms with Crippen LogP contribution in [0.5, 0.6) is 5.75 Å². The van der Waals surface area contributed by atoms with Crippen LogP contribution in [0.3, 0.4) is 0 Å². The number of hydrogen-bond donors (Lipinski definition) is 1. The predicted molar refractivity (Wildman–Crippen MR) is 101 cm³/mol. The lowest BCUT2D eigenvalue weighted by Gasteiger charge is -2.33. The molecular weight excluding hydrogens is 342 g/mol. The minimum Gasteiger partial charge on any atom is -0.482 e. The van der Waals surface area contributed by atoms with Crippen LogP contribution in [0.2, 0.25) is 0 Å². The second-order valence-corrected chi connectivity index (χ2v) is 6.41.